The highest BCUT2D eigenvalue weighted by Gasteiger charge is 2.32. The van der Waals surface area contributed by atoms with Crippen molar-refractivity contribution in [2.24, 2.45) is 17.6 Å². The first-order valence-corrected chi connectivity index (χ1v) is 5.28. The summed E-state index contributed by atoms with van der Waals surface area (Å²) in [4.78, 5) is 0. The van der Waals surface area contributed by atoms with E-state index in [4.69, 9.17) is 5.73 Å². The molecule has 0 saturated heterocycles. The van der Waals surface area contributed by atoms with Crippen LogP contribution in [0.2, 0.25) is 0 Å². The van der Waals surface area contributed by atoms with Crippen molar-refractivity contribution >= 4 is 0 Å². The van der Waals surface area contributed by atoms with Gasteiger partial charge in [0.1, 0.15) is 0 Å². The van der Waals surface area contributed by atoms with Crippen LogP contribution in [0.5, 0.6) is 0 Å². The lowest BCUT2D eigenvalue weighted by molar-refractivity contribution is 0.373. The topological polar surface area (TPSA) is 26.0 Å². The lowest BCUT2D eigenvalue weighted by atomic mass is 9.82. The van der Waals surface area contributed by atoms with E-state index in [9.17, 15) is 0 Å². The van der Waals surface area contributed by atoms with Crippen LogP contribution in [-0.4, -0.2) is 6.54 Å². The molecular weight excluding hydrogens is 146 g/mol. The third-order valence-electron chi connectivity index (χ3n) is 3.29. The molecule has 1 heteroatoms. The molecular formula is C11H19N. The van der Waals surface area contributed by atoms with Crippen molar-refractivity contribution in [1.82, 2.24) is 0 Å². The van der Waals surface area contributed by atoms with E-state index in [0.717, 1.165) is 18.4 Å². The van der Waals surface area contributed by atoms with Gasteiger partial charge in [0.05, 0.1) is 0 Å². The van der Waals surface area contributed by atoms with Gasteiger partial charge in [-0.25, -0.2) is 0 Å². The Bertz CT molecular complexity index is 179. The van der Waals surface area contributed by atoms with E-state index in [1.807, 2.05) is 0 Å². The van der Waals surface area contributed by atoms with Gasteiger partial charge in [0, 0.05) is 6.54 Å². The zero-order valence-electron chi connectivity index (χ0n) is 7.76. The van der Waals surface area contributed by atoms with Gasteiger partial charge in [0.15, 0.2) is 0 Å². The fourth-order valence-electron chi connectivity index (χ4n) is 2.45. The average molecular weight is 165 g/mol. The summed E-state index contributed by atoms with van der Waals surface area (Å²) < 4.78 is 0. The summed E-state index contributed by atoms with van der Waals surface area (Å²) in [5, 5.41) is 0. The number of nitrogens with two attached hydrogens (primary N) is 1. The molecule has 0 radical (unpaired) electrons. The second-order valence-corrected chi connectivity index (χ2v) is 4.29. The number of hydrogen-bond acceptors (Lipinski definition) is 1. The van der Waals surface area contributed by atoms with Crippen LogP contribution in [0.4, 0.5) is 0 Å². The van der Waals surface area contributed by atoms with Crippen molar-refractivity contribution in [3.05, 3.63) is 11.6 Å². The zero-order valence-corrected chi connectivity index (χ0v) is 7.76. The van der Waals surface area contributed by atoms with Crippen molar-refractivity contribution in [3.8, 4) is 0 Å². The molecule has 0 aliphatic heterocycles. The van der Waals surface area contributed by atoms with Crippen LogP contribution in [0.3, 0.4) is 0 Å². The molecule has 0 aromatic rings. The second kappa shape index (κ2) is 3.61. The quantitative estimate of drug-likeness (QED) is 0.625. The van der Waals surface area contributed by atoms with Gasteiger partial charge in [0.25, 0.3) is 0 Å². The molecule has 1 unspecified atom stereocenters. The Balaban J connectivity index is 1.89. The molecule has 2 fully saturated rings. The number of allylic oxidation sites excluding steroid dienone is 1. The van der Waals surface area contributed by atoms with Gasteiger partial charge in [-0.1, -0.05) is 11.6 Å². The summed E-state index contributed by atoms with van der Waals surface area (Å²) in [5.74, 6) is 2.11. The van der Waals surface area contributed by atoms with Crippen LogP contribution < -0.4 is 5.73 Å². The molecule has 1 nitrogen and oxygen atoms in total. The first-order chi connectivity index (χ1) is 5.90. The number of rotatable bonds is 2. The molecule has 2 aliphatic rings. The SMILES string of the molecule is NC/C=C1/CCCC(C2CC2)C1. The van der Waals surface area contributed by atoms with Crippen LogP contribution in [0.25, 0.3) is 0 Å². The highest BCUT2D eigenvalue weighted by molar-refractivity contribution is 5.08. The van der Waals surface area contributed by atoms with Crippen LogP contribution in [0, 0.1) is 11.8 Å². The summed E-state index contributed by atoms with van der Waals surface area (Å²) in [6, 6.07) is 0. The first kappa shape index (κ1) is 8.31. The highest BCUT2D eigenvalue weighted by Crippen LogP contribution is 2.45. The summed E-state index contributed by atoms with van der Waals surface area (Å²) in [6.07, 6.45) is 10.8. The third kappa shape index (κ3) is 1.89. The summed E-state index contributed by atoms with van der Waals surface area (Å²) >= 11 is 0. The molecule has 0 spiro atoms. The smallest absolute Gasteiger partial charge is 0.0109 e. The summed E-state index contributed by atoms with van der Waals surface area (Å²) in [6.45, 7) is 0.743. The van der Waals surface area contributed by atoms with Gasteiger partial charge < -0.3 is 5.73 Å². The van der Waals surface area contributed by atoms with Gasteiger partial charge in [-0.2, -0.15) is 0 Å². The predicted molar refractivity (Wildman–Crippen MR) is 51.8 cm³/mol. The predicted octanol–water partition coefficient (Wildman–Crippen LogP) is 2.47. The van der Waals surface area contributed by atoms with Gasteiger partial charge in [-0.3, -0.25) is 0 Å². The monoisotopic (exact) mass is 165 g/mol. The molecule has 0 amide bonds. The molecule has 2 saturated carbocycles. The third-order valence-corrected chi connectivity index (χ3v) is 3.29. The molecule has 68 valence electrons. The lowest BCUT2D eigenvalue weighted by Crippen LogP contribution is -2.11. The van der Waals surface area contributed by atoms with E-state index in [1.165, 1.54) is 38.5 Å². The Kier molecular flexibility index (Phi) is 2.50. The maximum atomic E-state index is 5.52. The average Bonchev–Trinajstić information content (AvgIpc) is 2.88. The maximum Gasteiger partial charge on any atom is 0.0109 e. The second-order valence-electron chi connectivity index (χ2n) is 4.29. The van der Waals surface area contributed by atoms with E-state index < -0.39 is 0 Å². The normalized spacial score (nSPS) is 34.1. The van der Waals surface area contributed by atoms with Crippen LogP contribution in [0.15, 0.2) is 11.6 Å². The molecule has 0 aromatic heterocycles. The minimum absolute atomic E-state index is 0.743. The van der Waals surface area contributed by atoms with E-state index in [0.29, 0.717) is 0 Å². The van der Waals surface area contributed by atoms with Gasteiger partial charge in [-0.05, 0) is 50.4 Å². The largest absolute Gasteiger partial charge is 0.327 e. The van der Waals surface area contributed by atoms with Gasteiger partial charge in [0.2, 0.25) is 0 Å². The van der Waals surface area contributed by atoms with Crippen molar-refractivity contribution in [2.45, 2.75) is 38.5 Å². The molecule has 1 atom stereocenters. The molecule has 0 aromatic carbocycles. The van der Waals surface area contributed by atoms with E-state index >= 15 is 0 Å². The molecule has 0 heterocycles. The minimum Gasteiger partial charge on any atom is -0.327 e. The fraction of sp³-hybridized carbons (Fsp3) is 0.818. The van der Waals surface area contributed by atoms with Crippen LogP contribution in [-0.2, 0) is 0 Å². The van der Waals surface area contributed by atoms with Gasteiger partial charge in [-0.15, -0.1) is 0 Å². The van der Waals surface area contributed by atoms with E-state index in [1.54, 1.807) is 5.57 Å². The summed E-state index contributed by atoms with van der Waals surface area (Å²) in [5.41, 5.74) is 7.16. The summed E-state index contributed by atoms with van der Waals surface area (Å²) in [7, 11) is 0. The van der Waals surface area contributed by atoms with Crippen molar-refractivity contribution in [2.75, 3.05) is 6.54 Å². The Labute approximate surface area is 75.0 Å². The number of hydrogen-bond donors (Lipinski definition) is 1. The molecule has 0 bridgehead atoms. The Morgan fingerprint density at radius 3 is 2.75 bits per heavy atom. The first-order valence-electron chi connectivity index (χ1n) is 5.28. The standard InChI is InChI=1S/C11H19N/c12-7-6-9-2-1-3-11(8-9)10-4-5-10/h6,10-11H,1-5,7-8,12H2/b9-6-. The van der Waals surface area contributed by atoms with Gasteiger partial charge >= 0.3 is 0 Å². The van der Waals surface area contributed by atoms with Crippen molar-refractivity contribution < 1.29 is 0 Å². The van der Waals surface area contributed by atoms with Crippen molar-refractivity contribution in [1.29, 1.82) is 0 Å². The van der Waals surface area contributed by atoms with Crippen LogP contribution in [0.1, 0.15) is 38.5 Å². The Morgan fingerprint density at radius 2 is 2.08 bits per heavy atom. The lowest BCUT2D eigenvalue weighted by Gasteiger charge is -2.23. The molecule has 12 heavy (non-hydrogen) atoms. The highest BCUT2D eigenvalue weighted by atomic mass is 14.5. The van der Waals surface area contributed by atoms with E-state index in [-0.39, 0.29) is 0 Å². The van der Waals surface area contributed by atoms with Crippen molar-refractivity contribution in [3.63, 3.8) is 0 Å². The maximum absolute atomic E-state index is 5.52. The van der Waals surface area contributed by atoms with Crippen LogP contribution >= 0.6 is 0 Å². The fourth-order valence-corrected chi connectivity index (χ4v) is 2.45. The Hall–Kier alpha value is -0.300. The molecule has 2 N–H and O–H groups in total. The minimum atomic E-state index is 0.743. The zero-order chi connectivity index (χ0) is 8.39. The Morgan fingerprint density at radius 1 is 1.25 bits per heavy atom. The molecule has 2 rings (SSSR count). The molecule has 2 aliphatic carbocycles. The van der Waals surface area contributed by atoms with E-state index in [2.05, 4.69) is 6.08 Å².